The van der Waals surface area contributed by atoms with E-state index in [1.165, 1.54) is 56.7 Å². The number of alkyl halides is 3. The van der Waals surface area contributed by atoms with Crippen LogP contribution in [0.1, 0.15) is 69.0 Å². The molecule has 1 aromatic heterocycles. The van der Waals surface area contributed by atoms with E-state index in [1.807, 2.05) is 18.2 Å². The van der Waals surface area contributed by atoms with E-state index in [0.29, 0.717) is 5.92 Å². The van der Waals surface area contributed by atoms with Crippen molar-refractivity contribution in [2.45, 2.75) is 64.0 Å². The van der Waals surface area contributed by atoms with Crippen molar-refractivity contribution >= 4 is 0 Å². The summed E-state index contributed by atoms with van der Waals surface area (Å²) in [5.74, 6) is 1.33. The maximum atomic E-state index is 12.8. The first-order valence-electron chi connectivity index (χ1n) is 9.61. The van der Waals surface area contributed by atoms with Crippen LogP contribution in [0.3, 0.4) is 0 Å². The zero-order valence-corrected chi connectivity index (χ0v) is 15.2. The van der Waals surface area contributed by atoms with E-state index in [2.05, 4.69) is 18.0 Å². The summed E-state index contributed by atoms with van der Waals surface area (Å²) in [6, 6.07) is 10.7. The maximum Gasteiger partial charge on any atom is 0.433 e. The zero-order valence-electron chi connectivity index (χ0n) is 15.2. The fraction of sp³-hybridized carbons (Fsp3) is 0.500. The van der Waals surface area contributed by atoms with E-state index in [-0.39, 0.29) is 0 Å². The number of nitrogens with zero attached hydrogens (tertiary/aromatic N) is 1. The molecular weight excluding hydrogens is 335 g/mol. The zero-order chi connectivity index (χ0) is 18.6. The molecule has 3 rings (SSSR count). The predicted octanol–water partition coefficient (Wildman–Crippen LogP) is 7.23. The molecule has 1 nitrogen and oxygen atoms in total. The van der Waals surface area contributed by atoms with Crippen molar-refractivity contribution in [3.63, 3.8) is 0 Å². The summed E-state index contributed by atoms with van der Waals surface area (Å²) in [7, 11) is 0. The quantitative estimate of drug-likeness (QED) is 0.547. The minimum absolute atomic E-state index is 0.492. The standard InChI is InChI=1S/C22H26F3N/c1-2-3-6-16-9-11-17(12-10-16)19-7-4-5-8-20(19)18-13-14-21(26-15-18)22(23,24)25/h4-5,7-8,13-17H,2-3,6,9-12H2,1H3. The Kier molecular flexibility index (Phi) is 6.00. The number of hydrogen-bond acceptors (Lipinski definition) is 1. The van der Waals surface area contributed by atoms with Gasteiger partial charge < -0.3 is 0 Å². The first kappa shape index (κ1) is 18.9. The van der Waals surface area contributed by atoms with E-state index in [9.17, 15) is 13.2 Å². The molecule has 1 aromatic carbocycles. The van der Waals surface area contributed by atoms with Crippen LogP contribution in [-0.2, 0) is 6.18 Å². The Labute approximate surface area is 153 Å². The molecule has 0 unspecified atom stereocenters. The van der Waals surface area contributed by atoms with Gasteiger partial charge in [0.05, 0.1) is 0 Å². The highest BCUT2D eigenvalue weighted by molar-refractivity contribution is 5.67. The van der Waals surface area contributed by atoms with Crippen molar-refractivity contribution in [3.8, 4) is 11.1 Å². The summed E-state index contributed by atoms with van der Waals surface area (Å²) < 4.78 is 38.3. The summed E-state index contributed by atoms with van der Waals surface area (Å²) in [6.07, 6.45) is 5.69. The molecule has 1 aliphatic carbocycles. The molecule has 140 valence electrons. The van der Waals surface area contributed by atoms with Gasteiger partial charge in [-0.3, -0.25) is 4.98 Å². The third-order valence-electron chi connectivity index (χ3n) is 5.58. The van der Waals surface area contributed by atoms with Gasteiger partial charge in [-0.2, -0.15) is 13.2 Å². The van der Waals surface area contributed by atoms with Gasteiger partial charge >= 0.3 is 6.18 Å². The van der Waals surface area contributed by atoms with Crippen molar-refractivity contribution in [1.82, 2.24) is 4.98 Å². The van der Waals surface area contributed by atoms with E-state index in [4.69, 9.17) is 0 Å². The Bertz CT molecular complexity index is 698. The van der Waals surface area contributed by atoms with Crippen LogP contribution in [0, 0.1) is 5.92 Å². The van der Waals surface area contributed by atoms with Gasteiger partial charge in [0, 0.05) is 11.8 Å². The molecule has 0 atom stereocenters. The van der Waals surface area contributed by atoms with Crippen LogP contribution in [0.5, 0.6) is 0 Å². The molecule has 1 saturated carbocycles. The van der Waals surface area contributed by atoms with Crippen LogP contribution < -0.4 is 0 Å². The van der Waals surface area contributed by atoms with Gasteiger partial charge in [-0.25, -0.2) is 0 Å². The lowest BCUT2D eigenvalue weighted by Gasteiger charge is -2.30. The van der Waals surface area contributed by atoms with Gasteiger partial charge in [0.2, 0.25) is 0 Å². The number of benzene rings is 1. The Hall–Kier alpha value is -1.84. The molecule has 1 heterocycles. The molecule has 1 fully saturated rings. The summed E-state index contributed by atoms with van der Waals surface area (Å²) in [5.41, 5.74) is 2.20. The Balaban J connectivity index is 1.77. The largest absolute Gasteiger partial charge is 0.433 e. The van der Waals surface area contributed by atoms with E-state index in [0.717, 1.165) is 23.1 Å². The number of aromatic nitrogens is 1. The second kappa shape index (κ2) is 8.24. The number of hydrogen-bond donors (Lipinski definition) is 0. The highest BCUT2D eigenvalue weighted by Crippen LogP contribution is 2.41. The molecule has 0 spiro atoms. The van der Waals surface area contributed by atoms with Crippen LogP contribution in [0.2, 0.25) is 0 Å². The first-order chi connectivity index (χ1) is 12.5. The third-order valence-corrected chi connectivity index (χ3v) is 5.58. The predicted molar refractivity (Wildman–Crippen MR) is 98.9 cm³/mol. The lowest BCUT2D eigenvalue weighted by Crippen LogP contribution is -2.14. The average Bonchev–Trinajstić information content (AvgIpc) is 2.66. The van der Waals surface area contributed by atoms with E-state index in [1.54, 1.807) is 6.07 Å². The fourth-order valence-corrected chi connectivity index (χ4v) is 4.09. The van der Waals surface area contributed by atoms with Gasteiger partial charge in [0.15, 0.2) is 0 Å². The summed E-state index contributed by atoms with van der Waals surface area (Å²) in [5, 5.41) is 0. The SMILES string of the molecule is CCCCC1CCC(c2ccccc2-c2ccc(C(F)(F)F)nc2)CC1. The highest BCUT2D eigenvalue weighted by atomic mass is 19.4. The normalized spacial score (nSPS) is 20.9. The smallest absolute Gasteiger partial charge is 0.251 e. The van der Waals surface area contributed by atoms with Crippen LogP contribution in [0.4, 0.5) is 13.2 Å². The summed E-state index contributed by atoms with van der Waals surface area (Å²) in [6.45, 7) is 2.24. The van der Waals surface area contributed by atoms with Crippen molar-refractivity contribution in [1.29, 1.82) is 0 Å². The monoisotopic (exact) mass is 361 g/mol. The van der Waals surface area contributed by atoms with Crippen molar-refractivity contribution in [2.75, 3.05) is 0 Å². The Morgan fingerprint density at radius 1 is 1.00 bits per heavy atom. The third kappa shape index (κ3) is 4.46. The highest BCUT2D eigenvalue weighted by Gasteiger charge is 2.32. The molecule has 26 heavy (non-hydrogen) atoms. The van der Waals surface area contributed by atoms with Crippen molar-refractivity contribution in [2.24, 2.45) is 5.92 Å². The van der Waals surface area contributed by atoms with Crippen molar-refractivity contribution in [3.05, 3.63) is 53.9 Å². The minimum Gasteiger partial charge on any atom is -0.251 e. The molecule has 1 aliphatic rings. The van der Waals surface area contributed by atoms with Gasteiger partial charge in [-0.15, -0.1) is 0 Å². The molecular formula is C22H26F3N. The number of halogens is 3. The average molecular weight is 361 g/mol. The topological polar surface area (TPSA) is 12.9 Å². The van der Waals surface area contributed by atoms with Gasteiger partial charge in [-0.05, 0) is 54.7 Å². The van der Waals surface area contributed by atoms with Crippen LogP contribution >= 0.6 is 0 Å². The maximum absolute atomic E-state index is 12.8. The van der Waals surface area contributed by atoms with Crippen LogP contribution in [-0.4, -0.2) is 4.98 Å². The molecule has 4 heteroatoms. The second-order valence-corrected chi connectivity index (χ2v) is 7.38. The summed E-state index contributed by atoms with van der Waals surface area (Å²) >= 11 is 0. The van der Waals surface area contributed by atoms with Crippen LogP contribution in [0.25, 0.3) is 11.1 Å². The second-order valence-electron chi connectivity index (χ2n) is 7.38. The molecule has 0 radical (unpaired) electrons. The molecule has 0 amide bonds. The van der Waals surface area contributed by atoms with E-state index < -0.39 is 11.9 Å². The number of unbranched alkanes of at least 4 members (excludes halogenated alkanes) is 1. The molecule has 2 aromatic rings. The fourth-order valence-electron chi connectivity index (χ4n) is 4.09. The number of rotatable bonds is 5. The van der Waals surface area contributed by atoms with Gasteiger partial charge in [-0.1, -0.05) is 56.5 Å². The molecule has 0 aliphatic heterocycles. The van der Waals surface area contributed by atoms with Gasteiger partial charge in [0.25, 0.3) is 0 Å². The Morgan fingerprint density at radius 3 is 2.35 bits per heavy atom. The van der Waals surface area contributed by atoms with Crippen LogP contribution in [0.15, 0.2) is 42.6 Å². The van der Waals surface area contributed by atoms with E-state index >= 15 is 0 Å². The lowest BCUT2D eigenvalue weighted by atomic mass is 9.75. The van der Waals surface area contributed by atoms with Crippen molar-refractivity contribution < 1.29 is 13.2 Å². The minimum atomic E-state index is -4.39. The first-order valence-corrected chi connectivity index (χ1v) is 9.61. The summed E-state index contributed by atoms with van der Waals surface area (Å²) in [4.78, 5) is 3.63. The molecule has 0 bridgehead atoms. The number of pyridine rings is 1. The Morgan fingerprint density at radius 2 is 1.73 bits per heavy atom. The molecule has 0 N–H and O–H groups in total. The lowest BCUT2D eigenvalue weighted by molar-refractivity contribution is -0.141. The molecule has 0 saturated heterocycles. The van der Waals surface area contributed by atoms with Gasteiger partial charge in [0.1, 0.15) is 5.69 Å².